The number of non-ortho nitro benzene ring substituents is 1. The quantitative estimate of drug-likeness (QED) is 0.346. The number of rotatable bonds is 6. The van der Waals surface area contributed by atoms with Crippen molar-refractivity contribution in [3.8, 4) is 6.07 Å². The van der Waals surface area contributed by atoms with Crippen molar-refractivity contribution in [2.24, 2.45) is 5.10 Å². The van der Waals surface area contributed by atoms with Crippen molar-refractivity contribution in [2.45, 2.75) is 18.2 Å². The highest BCUT2D eigenvalue weighted by Crippen LogP contribution is 2.25. The van der Waals surface area contributed by atoms with Crippen LogP contribution in [0.4, 0.5) is 5.69 Å². The Morgan fingerprint density at radius 3 is 2.79 bits per heavy atom. The van der Waals surface area contributed by atoms with Crippen molar-refractivity contribution in [1.82, 2.24) is 14.0 Å². The van der Waals surface area contributed by atoms with Gasteiger partial charge in [-0.15, -0.1) is 0 Å². The number of nitro groups is 1. The molecule has 0 aliphatic carbocycles. The fraction of sp³-hybridized carbons (Fsp3) is 0.167. The van der Waals surface area contributed by atoms with Gasteiger partial charge in [0.2, 0.25) is 0 Å². The van der Waals surface area contributed by atoms with Gasteiger partial charge in [-0.1, -0.05) is 13.0 Å². The first kappa shape index (κ1) is 20.0. The first-order valence-corrected chi connectivity index (χ1v) is 9.89. The monoisotopic (exact) mass is 412 g/mol. The zero-order valence-electron chi connectivity index (χ0n) is 15.6. The largest absolute Gasteiger partial charge is 0.279 e. The molecule has 0 aliphatic rings. The van der Waals surface area contributed by atoms with Gasteiger partial charge in [0.05, 0.1) is 39.4 Å². The van der Waals surface area contributed by atoms with Crippen LogP contribution in [-0.2, 0) is 16.4 Å². The summed E-state index contributed by atoms with van der Waals surface area (Å²) in [7, 11) is -2.86. The maximum absolute atomic E-state index is 12.9. The number of aryl methyl sites for hydroxylation is 1. The molecule has 148 valence electrons. The Kier molecular flexibility index (Phi) is 5.29. The summed E-state index contributed by atoms with van der Waals surface area (Å²) in [5.41, 5.74) is 1.66. The number of nitrogens with zero attached hydrogens (tertiary/aromatic N) is 6. The second-order valence-electron chi connectivity index (χ2n) is 6.04. The number of aromatic nitrogens is 2. The third-order valence-corrected chi connectivity index (χ3v) is 6.03. The van der Waals surface area contributed by atoms with E-state index in [9.17, 15) is 18.5 Å². The van der Waals surface area contributed by atoms with Crippen LogP contribution in [0.1, 0.15) is 23.6 Å². The molecule has 3 aromatic rings. The molecule has 0 N–H and O–H groups in total. The van der Waals surface area contributed by atoms with Crippen LogP contribution < -0.4 is 0 Å². The Morgan fingerprint density at radius 1 is 1.38 bits per heavy atom. The second kappa shape index (κ2) is 7.69. The number of hydrogen-bond donors (Lipinski definition) is 0. The lowest BCUT2D eigenvalue weighted by Gasteiger charge is -2.15. The number of nitriles is 1. The molecule has 3 rings (SSSR count). The molecule has 0 bridgehead atoms. The Hall–Kier alpha value is -3.78. The van der Waals surface area contributed by atoms with E-state index >= 15 is 0 Å². The summed E-state index contributed by atoms with van der Waals surface area (Å²) < 4.78 is 28.2. The molecular formula is C18H16N6O4S. The van der Waals surface area contributed by atoms with Crippen molar-refractivity contribution < 1.29 is 13.3 Å². The van der Waals surface area contributed by atoms with Gasteiger partial charge in [0.1, 0.15) is 0 Å². The van der Waals surface area contributed by atoms with Crippen LogP contribution in [0.25, 0.3) is 5.52 Å². The van der Waals surface area contributed by atoms with E-state index in [1.807, 2.05) is 6.07 Å². The van der Waals surface area contributed by atoms with Crippen LogP contribution in [0, 0.1) is 21.4 Å². The number of nitro benzene ring substituents is 1. The van der Waals surface area contributed by atoms with E-state index in [0.717, 1.165) is 10.5 Å². The molecule has 0 fully saturated rings. The van der Waals surface area contributed by atoms with E-state index in [4.69, 9.17) is 5.26 Å². The summed E-state index contributed by atoms with van der Waals surface area (Å²) in [5.74, 6) is 0. The van der Waals surface area contributed by atoms with Crippen molar-refractivity contribution in [1.29, 1.82) is 5.26 Å². The van der Waals surface area contributed by atoms with E-state index in [1.165, 1.54) is 36.1 Å². The number of hydrazone groups is 1. The van der Waals surface area contributed by atoms with E-state index in [2.05, 4.69) is 10.2 Å². The van der Waals surface area contributed by atoms with Gasteiger partial charge < -0.3 is 0 Å². The van der Waals surface area contributed by atoms with Gasteiger partial charge >= 0.3 is 0 Å². The van der Waals surface area contributed by atoms with Gasteiger partial charge in [-0.25, -0.2) is 4.52 Å². The maximum Gasteiger partial charge on any atom is 0.279 e. The highest BCUT2D eigenvalue weighted by Gasteiger charge is 2.25. The minimum atomic E-state index is -4.11. The topological polar surface area (TPSA) is 134 Å². The minimum Gasteiger partial charge on any atom is -0.258 e. The highest BCUT2D eigenvalue weighted by atomic mass is 32.2. The average Bonchev–Trinajstić information content (AvgIpc) is 3.13. The van der Waals surface area contributed by atoms with E-state index in [1.54, 1.807) is 25.3 Å². The summed E-state index contributed by atoms with van der Waals surface area (Å²) in [5, 5.41) is 28.2. The molecular weight excluding hydrogens is 396 g/mol. The SMILES string of the molecule is CCc1ccc([N+](=O)[O-])cc1S(=O)(=O)N(C)N=Cc1cnn2ccc(C#N)cc12. The summed E-state index contributed by atoms with van der Waals surface area (Å²) >= 11 is 0. The molecule has 0 saturated heterocycles. The Bertz CT molecular complexity index is 1270. The summed E-state index contributed by atoms with van der Waals surface area (Å²) in [6.07, 6.45) is 4.80. The fourth-order valence-corrected chi connectivity index (χ4v) is 3.97. The van der Waals surface area contributed by atoms with Crippen LogP contribution in [-0.4, -0.2) is 40.6 Å². The molecule has 0 amide bonds. The lowest BCUT2D eigenvalue weighted by molar-refractivity contribution is -0.385. The number of pyridine rings is 1. The molecule has 29 heavy (non-hydrogen) atoms. The standard InChI is InChI=1S/C18H16N6O4S/c1-3-14-4-5-16(24(25)26)9-18(14)29(27,28)22(2)20-11-15-12-21-23-7-6-13(10-19)8-17(15)23/h4-9,11-12H,3H2,1-2H3. The molecule has 11 heteroatoms. The van der Waals surface area contributed by atoms with E-state index in [0.29, 0.717) is 28.6 Å². The second-order valence-corrected chi connectivity index (χ2v) is 7.96. The predicted molar refractivity (Wildman–Crippen MR) is 105 cm³/mol. The average molecular weight is 412 g/mol. The van der Waals surface area contributed by atoms with Gasteiger partial charge in [-0.05, 0) is 24.1 Å². The van der Waals surface area contributed by atoms with Crippen LogP contribution in [0.2, 0.25) is 0 Å². The molecule has 1 aromatic carbocycles. The molecule has 2 aromatic heterocycles. The molecule has 2 heterocycles. The van der Waals surface area contributed by atoms with Gasteiger partial charge in [0.15, 0.2) is 0 Å². The number of hydrogen-bond acceptors (Lipinski definition) is 7. The number of fused-ring (bicyclic) bond motifs is 1. The maximum atomic E-state index is 12.9. The normalized spacial score (nSPS) is 11.6. The molecule has 0 spiro atoms. The van der Waals surface area contributed by atoms with Crippen molar-refractivity contribution >= 4 is 27.4 Å². The van der Waals surface area contributed by atoms with Gasteiger partial charge in [0, 0.05) is 30.9 Å². The summed E-state index contributed by atoms with van der Waals surface area (Å²) in [4.78, 5) is 10.2. The van der Waals surface area contributed by atoms with E-state index in [-0.39, 0.29) is 10.6 Å². The first-order chi connectivity index (χ1) is 13.8. The molecule has 0 unspecified atom stereocenters. The summed E-state index contributed by atoms with van der Waals surface area (Å²) in [6.45, 7) is 1.76. The van der Waals surface area contributed by atoms with Gasteiger partial charge in [0.25, 0.3) is 15.7 Å². The first-order valence-electron chi connectivity index (χ1n) is 8.45. The highest BCUT2D eigenvalue weighted by molar-refractivity contribution is 7.89. The lowest BCUT2D eigenvalue weighted by atomic mass is 10.1. The third-order valence-electron chi connectivity index (χ3n) is 4.31. The van der Waals surface area contributed by atoms with Crippen LogP contribution in [0.3, 0.4) is 0 Å². The van der Waals surface area contributed by atoms with Crippen LogP contribution in [0.5, 0.6) is 0 Å². The Balaban J connectivity index is 1.98. The molecule has 0 radical (unpaired) electrons. The van der Waals surface area contributed by atoms with Crippen molar-refractivity contribution in [3.05, 3.63) is 69.5 Å². The van der Waals surface area contributed by atoms with Gasteiger partial charge in [-0.3, -0.25) is 10.1 Å². The summed E-state index contributed by atoms with van der Waals surface area (Å²) in [6, 6.07) is 8.97. The number of benzene rings is 1. The minimum absolute atomic E-state index is 0.166. The zero-order valence-corrected chi connectivity index (χ0v) is 16.4. The van der Waals surface area contributed by atoms with Crippen LogP contribution >= 0.6 is 0 Å². The molecule has 0 atom stereocenters. The predicted octanol–water partition coefficient (Wildman–Crippen LogP) is 2.33. The Morgan fingerprint density at radius 2 is 2.14 bits per heavy atom. The smallest absolute Gasteiger partial charge is 0.258 e. The zero-order chi connectivity index (χ0) is 21.2. The molecule has 10 nitrogen and oxygen atoms in total. The van der Waals surface area contributed by atoms with Crippen LogP contribution in [0.15, 0.2) is 52.7 Å². The molecule has 0 aliphatic heterocycles. The fourth-order valence-electron chi connectivity index (χ4n) is 2.71. The third kappa shape index (κ3) is 3.78. The van der Waals surface area contributed by atoms with E-state index < -0.39 is 14.9 Å². The number of sulfonamides is 1. The van der Waals surface area contributed by atoms with Crippen molar-refractivity contribution in [3.63, 3.8) is 0 Å². The lowest BCUT2D eigenvalue weighted by Crippen LogP contribution is -2.23. The van der Waals surface area contributed by atoms with Gasteiger partial charge in [-0.2, -0.15) is 28.3 Å². The van der Waals surface area contributed by atoms with Crippen molar-refractivity contribution in [2.75, 3.05) is 7.05 Å². The Labute approximate surface area is 166 Å². The molecule has 0 saturated carbocycles.